The van der Waals surface area contributed by atoms with Crippen LogP contribution < -0.4 is 4.90 Å². The monoisotopic (exact) mass is 237 g/mol. The van der Waals surface area contributed by atoms with E-state index in [2.05, 4.69) is 5.10 Å². The van der Waals surface area contributed by atoms with Gasteiger partial charge in [0.25, 0.3) is 0 Å². The maximum atomic E-state index is 12.1. The lowest BCUT2D eigenvalue weighted by atomic mass is 10.1. The molecule has 1 aliphatic heterocycles. The summed E-state index contributed by atoms with van der Waals surface area (Å²) >= 11 is 0. The maximum absolute atomic E-state index is 12.1. The average Bonchev–Trinajstić information content (AvgIpc) is 2.58. The van der Waals surface area contributed by atoms with Gasteiger partial charge in [0.15, 0.2) is 0 Å². The van der Waals surface area contributed by atoms with Gasteiger partial charge in [-0.3, -0.25) is 9.58 Å². The van der Waals surface area contributed by atoms with Crippen LogP contribution in [0.5, 0.6) is 0 Å². The molecule has 0 fully saturated rings. The van der Waals surface area contributed by atoms with Crippen LogP contribution in [0.1, 0.15) is 32.8 Å². The zero-order chi connectivity index (χ0) is 12.6. The van der Waals surface area contributed by atoms with Crippen LogP contribution in [0.2, 0.25) is 0 Å². The molecule has 0 spiro atoms. The van der Waals surface area contributed by atoms with E-state index >= 15 is 0 Å². The second kappa shape index (κ2) is 4.05. The first-order valence-corrected chi connectivity index (χ1v) is 5.90. The van der Waals surface area contributed by atoms with Crippen molar-refractivity contribution in [3.63, 3.8) is 0 Å². The Morgan fingerprint density at radius 1 is 1.47 bits per heavy atom. The molecule has 0 aromatic carbocycles. The minimum atomic E-state index is -0.465. The first-order valence-electron chi connectivity index (χ1n) is 5.90. The minimum absolute atomic E-state index is 0.290. The van der Waals surface area contributed by atoms with Crippen molar-refractivity contribution in [3.8, 4) is 0 Å². The van der Waals surface area contributed by atoms with E-state index in [0.29, 0.717) is 6.54 Å². The summed E-state index contributed by atoms with van der Waals surface area (Å²) in [5, 5.41) is 4.19. The van der Waals surface area contributed by atoms with E-state index in [9.17, 15) is 4.79 Å². The Hall–Kier alpha value is -1.52. The van der Waals surface area contributed by atoms with E-state index < -0.39 is 5.60 Å². The molecule has 0 aliphatic carbocycles. The molecule has 5 nitrogen and oxygen atoms in total. The normalized spacial score (nSPS) is 15.6. The van der Waals surface area contributed by atoms with Gasteiger partial charge in [-0.15, -0.1) is 0 Å². The van der Waals surface area contributed by atoms with E-state index in [1.807, 2.05) is 34.0 Å². The van der Waals surface area contributed by atoms with E-state index in [0.717, 1.165) is 24.2 Å². The second-order valence-electron chi connectivity index (χ2n) is 5.35. The Labute approximate surface area is 101 Å². The number of anilines is 1. The molecular formula is C12H19N3O2. The van der Waals surface area contributed by atoms with Crippen molar-refractivity contribution in [1.82, 2.24) is 9.78 Å². The number of hydrogen-bond donors (Lipinski definition) is 0. The molecule has 1 aromatic heterocycles. The number of fused-ring (bicyclic) bond motifs is 1. The van der Waals surface area contributed by atoms with Crippen molar-refractivity contribution in [2.24, 2.45) is 7.05 Å². The zero-order valence-electron chi connectivity index (χ0n) is 10.9. The summed E-state index contributed by atoms with van der Waals surface area (Å²) in [5.41, 5.74) is 0.650. The average molecular weight is 237 g/mol. The minimum Gasteiger partial charge on any atom is -0.443 e. The Balaban J connectivity index is 2.24. The molecule has 1 amide bonds. The largest absolute Gasteiger partial charge is 0.443 e. The highest BCUT2D eigenvalue weighted by molar-refractivity contribution is 5.88. The third-order valence-corrected chi connectivity index (χ3v) is 2.68. The number of nitrogens with zero attached hydrogens (tertiary/aromatic N) is 3. The smallest absolute Gasteiger partial charge is 0.416 e. The van der Waals surface area contributed by atoms with Crippen LogP contribution in [-0.2, 0) is 18.2 Å². The summed E-state index contributed by atoms with van der Waals surface area (Å²) in [6.45, 7) is 6.32. The van der Waals surface area contributed by atoms with Gasteiger partial charge in [-0.1, -0.05) is 0 Å². The van der Waals surface area contributed by atoms with Crippen LogP contribution in [0.4, 0.5) is 10.6 Å². The Bertz CT molecular complexity index is 431. The van der Waals surface area contributed by atoms with Gasteiger partial charge in [-0.05, 0) is 33.6 Å². The Morgan fingerprint density at radius 3 is 2.82 bits per heavy atom. The summed E-state index contributed by atoms with van der Waals surface area (Å²) in [6, 6.07) is 0. The van der Waals surface area contributed by atoms with Gasteiger partial charge in [0.2, 0.25) is 0 Å². The molecule has 0 saturated heterocycles. The van der Waals surface area contributed by atoms with Crippen molar-refractivity contribution in [3.05, 3.63) is 11.8 Å². The SMILES string of the molecule is Cn1ncc2c1N(C(=O)OC(C)(C)C)CCC2. The summed E-state index contributed by atoms with van der Waals surface area (Å²) in [5.74, 6) is 0.866. The molecule has 2 heterocycles. The zero-order valence-corrected chi connectivity index (χ0v) is 10.9. The summed E-state index contributed by atoms with van der Waals surface area (Å²) in [6.07, 6.45) is 3.47. The van der Waals surface area contributed by atoms with Crippen LogP contribution >= 0.6 is 0 Å². The van der Waals surface area contributed by atoms with Crippen molar-refractivity contribution in [2.75, 3.05) is 11.4 Å². The van der Waals surface area contributed by atoms with Gasteiger partial charge in [0, 0.05) is 19.2 Å². The lowest BCUT2D eigenvalue weighted by molar-refractivity contribution is 0.0575. The topological polar surface area (TPSA) is 47.4 Å². The molecule has 0 radical (unpaired) electrons. The molecule has 5 heteroatoms. The molecule has 0 saturated carbocycles. The van der Waals surface area contributed by atoms with Gasteiger partial charge >= 0.3 is 6.09 Å². The van der Waals surface area contributed by atoms with Gasteiger partial charge in [0.1, 0.15) is 11.4 Å². The third-order valence-electron chi connectivity index (χ3n) is 2.68. The fourth-order valence-corrected chi connectivity index (χ4v) is 2.03. The van der Waals surface area contributed by atoms with E-state index in [1.165, 1.54) is 0 Å². The lowest BCUT2D eigenvalue weighted by Crippen LogP contribution is -2.40. The summed E-state index contributed by atoms with van der Waals surface area (Å²) in [7, 11) is 1.85. The molecule has 1 aromatic rings. The predicted octanol–water partition coefficient (Wildman–Crippen LogP) is 2.11. The van der Waals surface area contributed by atoms with Crippen LogP contribution in [0, 0.1) is 0 Å². The van der Waals surface area contributed by atoms with Crippen LogP contribution in [0.15, 0.2) is 6.20 Å². The third kappa shape index (κ3) is 2.43. The molecule has 1 aliphatic rings. The number of aromatic nitrogens is 2. The molecule has 17 heavy (non-hydrogen) atoms. The Morgan fingerprint density at radius 2 is 2.18 bits per heavy atom. The van der Waals surface area contributed by atoms with Gasteiger partial charge < -0.3 is 4.74 Å². The highest BCUT2D eigenvalue weighted by Crippen LogP contribution is 2.27. The van der Waals surface area contributed by atoms with E-state index in [4.69, 9.17) is 4.74 Å². The fourth-order valence-electron chi connectivity index (χ4n) is 2.03. The number of carbonyl (C=O) groups is 1. The van der Waals surface area contributed by atoms with Crippen molar-refractivity contribution in [2.45, 2.75) is 39.2 Å². The van der Waals surface area contributed by atoms with Crippen LogP contribution in [0.25, 0.3) is 0 Å². The number of ether oxygens (including phenoxy) is 1. The number of carbonyl (C=O) groups excluding carboxylic acids is 1. The highest BCUT2D eigenvalue weighted by Gasteiger charge is 2.29. The molecule has 94 valence electrons. The number of hydrogen-bond acceptors (Lipinski definition) is 3. The molecule has 0 atom stereocenters. The molecule has 2 rings (SSSR count). The molecule has 0 bridgehead atoms. The van der Waals surface area contributed by atoms with Crippen LogP contribution in [0.3, 0.4) is 0 Å². The van der Waals surface area contributed by atoms with Crippen LogP contribution in [-0.4, -0.2) is 28.0 Å². The number of amides is 1. The molecule has 0 N–H and O–H groups in total. The van der Waals surface area contributed by atoms with Crippen molar-refractivity contribution >= 4 is 11.9 Å². The van der Waals surface area contributed by atoms with Gasteiger partial charge in [-0.2, -0.15) is 5.10 Å². The number of rotatable bonds is 0. The predicted molar refractivity (Wildman–Crippen MR) is 65.1 cm³/mol. The van der Waals surface area contributed by atoms with E-state index in [1.54, 1.807) is 9.58 Å². The van der Waals surface area contributed by atoms with E-state index in [-0.39, 0.29) is 6.09 Å². The maximum Gasteiger partial charge on any atom is 0.416 e. The van der Waals surface area contributed by atoms with Crippen molar-refractivity contribution in [1.29, 1.82) is 0 Å². The molecule has 0 unspecified atom stereocenters. The summed E-state index contributed by atoms with van der Waals surface area (Å²) in [4.78, 5) is 13.8. The second-order valence-corrected chi connectivity index (χ2v) is 5.35. The first-order chi connectivity index (χ1) is 7.88. The highest BCUT2D eigenvalue weighted by atomic mass is 16.6. The summed E-state index contributed by atoms with van der Waals surface area (Å²) < 4.78 is 7.14. The fraction of sp³-hybridized carbons (Fsp3) is 0.667. The lowest BCUT2D eigenvalue weighted by Gasteiger charge is -2.30. The Kier molecular flexibility index (Phi) is 2.85. The van der Waals surface area contributed by atoms with Crippen molar-refractivity contribution < 1.29 is 9.53 Å². The molecular weight excluding hydrogens is 218 g/mol. The number of aryl methyl sites for hydroxylation is 2. The van der Waals surface area contributed by atoms with Gasteiger partial charge in [0.05, 0.1) is 6.20 Å². The standard InChI is InChI=1S/C12H19N3O2/c1-12(2,3)17-11(16)15-7-5-6-9-8-13-14(4)10(9)15/h8H,5-7H2,1-4H3. The van der Waals surface area contributed by atoms with Gasteiger partial charge in [-0.25, -0.2) is 4.79 Å². The quantitative estimate of drug-likeness (QED) is 0.694. The first kappa shape index (κ1) is 12.0.